The van der Waals surface area contributed by atoms with Crippen molar-refractivity contribution in [1.29, 1.82) is 0 Å². The van der Waals surface area contributed by atoms with Crippen LogP contribution in [0.1, 0.15) is 37.5 Å². The van der Waals surface area contributed by atoms with Gasteiger partial charge in [-0.2, -0.15) is 5.10 Å². The molecule has 1 aliphatic carbocycles. The second-order valence-corrected chi connectivity index (χ2v) is 11.4. The number of amides is 2. The molecule has 2 aromatic heterocycles. The van der Waals surface area contributed by atoms with Crippen molar-refractivity contribution < 1.29 is 14.3 Å². The van der Waals surface area contributed by atoms with Crippen molar-refractivity contribution in [3.63, 3.8) is 0 Å². The highest BCUT2D eigenvalue weighted by Crippen LogP contribution is 2.63. The van der Waals surface area contributed by atoms with Gasteiger partial charge in [0, 0.05) is 36.3 Å². The molecule has 0 bridgehead atoms. The highest BCUT2D eigenvalue weighted by Gasteiger charge is 2.72. The molecule has 1 N–H and O–H groups in total. The maximum Gasteiger partial charge on any atom is 0.233 e. The van der Waals surface area contributed by atoms with Crippen LogP contribution in [0.3, 0.4) is 0 Å². The van der Waals surface area contributed by atoms with Gasteiger partial charge in [-0.15, -0.1) is 24.8 Å². The Labute approximate surface area is 239 Å². The van der Waals surface area contributed by atoms with Crippen molar-refractivity contribution in [2.24, 2.45) is 17.3 Å². The minimum absolute atomic E-state index is 0. The lowest BCUT2D eigenvalue weighted by Gasteiger charge is -2.30. The first-order valence-corrected chi connectivity index (χ1v) is 12.9. The van der Waals surface area contributed by atoms with Crippen LogP contribution in [-0.4, -0.2) is 56.6 Å². The quantitative estimate of drug-likeness (QED) is 0.454. The van der Waals surface area contributed by atoms with Gasteiger partial charge in [0.15, 0.2) is 0 Å². The van der Waals surface area contributed by atoms with Crippen molar-refractivity contribution in [2.75, 3.05) is 13.1 Å². The Balaban J connectivity index is 0.00000168. The fraction of sp³-hybridized carbons (Fsp3) is 0.481. The van der Waals surface area contributed by atoms with Crippen LogP contribution < -0.4 is 5.32 Å². The van der Waals surface area contributed by atoms with Crippen molar-refractivity contribution in [3.8, 4) is 11.3 Å². The normalized spacial score (nSPS) is 25.7. The summed E-state index contributed by atoms with van der Waals surface area (Å²) in [7, 11) is 0. The van der Waals surface area contributed by atoms with E-state index in [4.69, 9.17) is 16.3 Å². The number of carbonyl (C=O) groups is 2. The lowest BCUT2D eigenvalue weighted by molar-refractivity contribution is -0.143. The maximum absolute atomic E-state index is 12.9. The molecule has 0 radical (unpaired) electrons. The molecule has 2 saturated heterocycles. The molecule has 11 heteroatoms. The SMILES string of the molecule is Cc1cc(Cl)cc(-c2ncnn3cc(CN4C(=O)C5C(C4=O)C5(C)C)cc23)c1CC1CNC[C@H](C)O1.Cl.Cl. The highest BCUT2D eigenvalue weighted by molar-refractivity contribution is 6.31. The smallest absolute Gasteiger partial charge is 0.233 e. The summed E-state index contributed by atoms with van der Waals surface area (Å²) in [4.78, 5) is 31.7. The van der Waals surface area contributed by atoms with Crippen molar-refractivity contribution >= 4 is 53.7 Å². The Bertz CT molecular complexity index is 1380. The number of halogens is 3. The highest BCUT2D eigenvalue weighted by atomic mass is 35.5. The van der Waals surface area contributed by atoms with Gasteiger partial charge in [0.05, 0.1) is 41.8 Å². The molecular formula is C27H32Cl3N5O3. The van der Waals surface area contributed by atoms with Crippen LogP contribution in [0.15, 0.2) is 30.7 Å². The topological polar surface area (TPSA) is 88.8 Å². The van der Waals surface area contributed by atoms with Crippen LogP contribution in [0.4, 0.5) is 0 Å². The van der Waals surface area contributed by atoms with Crippen molar-refractivity contribution in [2.45, 2.75) is 52.9 Å². The van der Waals surface area contributed by atoms with Crippen LogP contribution in [-0.2, 0) is 27.3 Å². The van der Waals surface area contributed by atoms with E-state index in [2.05, 4.69) is 29.2 Å². The number of morpholine rings is 1. The molecular weight excluding hydrogens is 549 g/mol. The summed E-state index contributed by atoms with van der Waals surface area (Å²) >= 11 is 6.51. The van der Waals surface area contributed by atoms with Crippen LogP contribution in [0.25, 0.3) is 16.8 Å². The molecule has 0 spiro atoms. The number of imide groups is 1. The third-order valence-corrected chi connectivity index (χ3v) is 8.27. The summed E-state index contributed by atoms with van der Waals surface area (Å²) < 4.78 is 7.93. The summed E-state index contributed by atoms with van der Waals surface area (Å²) in [5.41, 5.74) is 5.34. The predicted molar refractivity (Wildman–Crippen MR) is 150 cm³/mol. The summed E-state index contributed by atoms with van der Waals surface area (Å²) in [6, 6.07) is 5.88. The number of hydrogen-bond donors (Lipinski definition) is 1. The fourth-order valence-electron chi connectivity index (χ4n) is 6.10. The van der Waals surface area contributed by atoms with E-state index in [0.29, 0.717) is 5.02 Å². The fourth-order valence-corrected chi connectivity index (χ4v) is 6.37. The molecule has 4 heterocycles. The second-order valence-electron chi connectivity index (χ2n) is 11.0. The molecule has 4 atom stereocenters. The van der Waals surface area contributed by atoms with Gasteiger partial charge in [-0.25, -0.2) is 9.50 Å². The molecule has 38 heavy (non-hydrogen) atoms. The molecule has 204 valence electrons. The zero-order valence-electron chi connectivity index (χ0n) is 21.7. The number of likely N-dealkylation sites (tertiary alicyclic amines) is 1. The number of piperidine rings is 1. The molecule has 6 rings (SSSR count). The van der Waals surface area contributed by atoms with Crippen LogP contribution in [0, 0.1) is 24.2 Å². The number of carbonyl (C=O) groups excluding carboxylic acids is 2. The molecule has 3 unspecified atom stereocenters. The average Bonchev–Trinajstić information content (AvgIpc) is 3.07. The van der Waals surface area contributed by atoms with Gasteiger partial charge in [0.2, 0.25) is 11.8 Å². The number of nitrogens with zero attached hydrogens (tertiary/aromatic N) is 4. The van der Waals surface area contributed by atoms with Gasteiger partial charge >= 0.3 is 0 Å². The van der Waals surface area contributed by atoms with E-state index in [1.54, 1.807) is 4.52 Å². The Morgan fingerprint density at radius 2 is 1.84 bits per heavy atom. The van der Waals surface area contributed by atoms with Gasteiger partial charge in [0.1, 0.15) is 6.33 Å². The third kappa shape index (κ3) is 4.71. The monoisotopic (exact) mass is 579 g/mol. The molecule has 3 aliphatic rings. The number of nitrogens with one attached hydrogen (secondary N) is 1. The van der Waals surface area contributed by atoms with Crippen LogP contribution >= 0.6 is 36.4 Å². The number of aromatic nitrogens is 3. The van der Waals surface area contributed by atoms with E-state index in [0.717, 1.165) is 53.0 Å². The Morgan fingerprint density at radius 1 is 1.13 bits per heavy atom. The van der Waals surface area contributed by atoms with E-state index in [1.807, 2.05) is 38.2 Å². The third-order valence-electron chi connectivity index (χ3n) is 8.05. The number of ether oxygens (including phenoxy) is 1. The number of benzene rings is 1. The second kappa shape index (κ2) is 10.4. The molecule has 2 aliphatic heterocycles. The zero-order valence-corrected chi connectivity index (χ0v) is 24.1. The first-order chi connectivity index (χ1) is 17.1. The van der Waals surface area contributed by atoms with E-state index in [-0.39, 0.29) is 72.6 Å². The summed E-state index contributed by atoms with van der Waals surface area (Å²) in [5.74, 6) is -0.513. The molecule has 8 nitrogen and oxygen atoms in total. The van der Waals surface area contributed by atoms with Gasteiger partial charge in [-0.1, -0.05) is 25.4 Å². The standard InChI is InChI=1S/C27H30ClN5O3.2ClH/c1-14-5-17(28)7-20(19(14)8-18-10-29-9-15(2)36-18)24-21-6-16(12-33(21)31-13-30-24)11-32-25(34)22-23(26(32)35)27(22,3)4;;/h5-7,12-13,15,18,22-23,29H,8-11H2,1-4H3;2*1H/t15-,18?,22?,23?;;/m0../s1. The minimum Gasteiger partial charge on any atom is -0.372 e. The van der Waals surface area contributed by atoms with E-state index >= 15 is 0 Å². The summed E-state index contributed by atoms with van der Waals surface area (Å²) in [5, 5.41) is 8.48. The molecule has 3 aromatic rings. The number of aryl methyl sites for hydroxylation is 1. The van der Waals surface area contributed by atoms with Crippen molar-refractivity contribution in [1.82, 2.24) is 24.8 Å². The zero-order chi connectivity index (χ0) is 25.4. The minimum atomic E-state index is -0.217. The average molecular weight is 581 g/mol. The molecule has 1 aromatic carbocycles. The number of hydrogen-bond acceptors (Lipinski definition) is 6. The van der Waals surface area contributed by atoms with Gasteiger partial charge in [-0.3, -0.25) is 14.5 Å². The van der Waals surface area contributed by atoms with Gasteiger partial charge in [-0.05, 0) is 54.2 Å². The number of fused-ring (bicyclic) bond motifs is 2. The van der Waals surface area contributed by atoms with Gasteiger partial charge in [0.25, 0.3) is 0 Å². The largest absolute Gasteiger partial charge is 0.372 e. The first-order valence-electron chi connectivity index (χ1n) is 12.5. The Hall–Kier alpha value is -2.23. The van der Waals surface area contributed by atoms with Crippen molar-refractivity contribution in [3.05, 3.63) is 52.4 Å². The predicted octanol–water partition coefficient (Wildman–Crippen LogP) is 4.26. The Kier molecular flexibility index (Phi) is 7.87. The first kappa shape index (κ1) is 28.8. The lowest BCUT2D eigenvalue weighted by atomic mass is 9.93. The Morgan fingerprint density at radius 3 is 2.53 bits per heavy atom. The number of rotatable bonds is 5. The van der Waals surface area contributed by atoms with Crippen LogP contribution in [0.2, 0.25) is 5.02 Å². The van der Waals surface area contributed by atoms with E-state index in [9.17, 15) is 9.59 Å². The lowest BCUT2D eigenvalue weighted by Crippen LogP contribution is -2.44. The molecule has 1 saturated carbocycles. The summed E-state index contributed by atoms with van der Waals surface area (Å²) in [6.07, 6.45) is 4.33. The molecule has 3 fully saturated rings. The van der Waals surface area contributed by atoms with Gasteiger partial charge < -0.3 is 10.1 Å². The van der Waals surface area contributed by atoms with Crippen LogP contribution in [0.5, 0.6) is 0 Å². The molecule has 2 amide bonds. The van der Waals surface area contributed by atoms with E-state index < -0.39 is 0 Å². The summed E-state index contributed by atoms with van der Waals surface area (Å²) in [6.45, 7) is 9.99. The van der Waals surface area contributed by atoms with E-state index in [1.165, 1.54) is 11.2 Å². The maximum atomic E-state index is 12.9.